The molecule has 0 fully saturated rings. The van der Waals surface area contributed by atoms with Crippen LogP contribution in [0.2, 0.25) is 0 Å². The van der Waals surface area contributed by atoms with E-state index in [-0.39, 0.29) is 32.4 Å². The van der Waals surface area contributed by atoms with Crippen molar-refractivity contribution in [2.24, 2.45) is 0 Å². The first-order valence-electron chi connectivity index (χ1n) is 5.15. The Morgan fingerprint density at radius 3 is 2.82 bits per heavy atom. The van der Waals surface area contributed by atoms with E-state index in [0.717, 1.165) is 0 Å². The first-order chi connectivity index (χ1) is 8.11. The summed E-state index contributed by atoms with van der Waals surface area (Å²) in [6.45, 7) is 2.13. The van der Waals surface area contributed by atoms with Crippen LogP contribution in [0.3, 0.4) is 0 Å². The van der Waals surface area contributed by atoms with Crippen molar-refractivity contribution in [1.29, 1.82) is 0 Å². The molecule has 17 heavy (non-hydrogen) atoms. The molecule has 1 aromatic rings. The minimum absolute atomic E-state index is 0.0369. The zero-order valence-electron chi connectivity index (χ0n) is 9.97. The van der Waals surface area contributed by atoms with E-state index in [0.29, 0.717) is 11.3 Å². The number of rotatable bonds is 6. The van der Waals surface area contributed by atoms with Gasteiger partial charge in [0.25, 0.3) is 0 Å². The van der Waals surface area contributed by atoms with Gasteiger partial charge in [0.2, 0.25) is 0 Å². The minimum atomic E-state index is -0.474. The fourth-order valence-corrected chi connectivity index (χ4v) is 1.42. The van der Waals surface area contributed by atoms with Gasteiger partial charge in [0.05, 0.1) is 19.8 Å². The van der Waals surface area contributed by atoms with Crippen molar-refractivity contribution in [3.05, 3.63) is 21.7 Å². The summed E-state index contributed by atoms with van der Waals surface area (Å²) < 4.78 is 11.4. The molecular formula is C10H17N3O4. The molecule has 0 saturated carbocycles. The number of nitrogens with zero attached hydrogens (tertiary/aromatic N) is 2. The van der Waals surface area contributed by atoms with E-state index in [2.05, 4.69) is 4.98 Å². The number of nitrogens with two attached hydrogens (primary N) is 1. The second kappa shape index (κ2) is 6.33. The molecule has 0 radical (unpaired) electrons. The Kier molecular flexibility index (Phi) is 5.08. The smallest absolute Gasteiger partial charge is 0.351 e. The van der Waals surface area contributed by atoms with E-state index in [9.17, 15) is 4.79 Å². The van der Waals surface area contributed by atoms with Crippen molar-refractivity contribution >= 4 is 5.82 Å². The average molecular weight is 243 g/mol. The topological polar surface area (TPSA) is 99.6 Å². The molecule has 0 atom stereocenters. The molecule has 0 saturated heterocycles. The Hall–Kier alpha value is -1.44. The molecule has 0 aliphatic carbocycles. The molecule has 0 bridgehead atoms. The molecule has 0 aromatic carbocycles. The van der Waals surface area contributed by atoms with E-state index in [1.165, 1.54) is 11.7 Å². The number of aliphatic hydroxyl groups excluding tert-OH is 1. The lowest BCUT2D eigenvalue weighted by Crippen LogP contribution is -2.29. The highest BCUT2D eigenvalue weighted by molar-refractivity contribution is 5.40. The number of methoxy groups -OCH3 is 1. The maximum absolute atomic E-state index is 11.6. The fraction of sp³-hybridized carbons (Fsp3) is 0.600. The van der Waals surface area contributed by atoms with Crippen LogP contribution >= 0.6 is 0 Å². The Morgan fingerprint density at radius 1 is 1.53 bits per heavy atom. The van der Waals surface area contributed by atoms with E-state index in [1.807, 2.05) is 0 Å². The SMILES string of the molecule is COCc1c(N)nc(=O)n(COCCO)c1C. The lowest BCUT2D eigenvalue weighted by Gasteiger charge is -2.14. The summed E-state index contributed by atoms with van der Waals surface area (Å²) in [5, 5.41) is 8.60. The molecule has 96 valence electrons. The van der Waals surface area contributed by atoms with E-state index in [1.54, 1.807) is 6.92 Å². The van der Waals surface area contributed by atoms with Crippen molar-refractivity contribution in [3.8, 4) is 0 Å². The summed E-state index contributed by atoms with van der Waals surface area (Å²) in [4.78, 5) is 15.3. The molecule has 0 unspecified atom stereocenters. The van der Waals surface area contributed by atoms with Crippen LogP contribution < -0.4 is 11.4 Å². The standard InChI is InChI=1S/C10H17N3O4/c1-7-8(5-16-2)9(11)12-10(15)13(7)6-17-4-3-14/h14H,3-6H2,1-2H3,(H2,11,12,15). The van der Waals surface area contributed by atoms with Gasteiger partial charge in [-0.3, -0.25) is 4.57 Å². The second-order valence-corrected chi connectivity index (χ2v) is 3.47. The maximum Gasteiger partial charge on any atom is 0.351 e. The third-order valence-electron chi connectivity index (χ3n) is 2.34. The van der Waals surface area contributed by atoms with Crippen LogP contribution in [0.4, 0.5) is 5.82 Å². The molecule has 7 heteroatoms. The normalized spacial score (nSPS) is 10.8. The third kappa shape index (κ3) is 3.26. The van der Waals surface area contributed by atoms with Crippen LogP contribution in [0.5, 0.6) is 0 Å². The zero-order valence-corrected chi connectivity index (χ0v) is 9.97. The summed E-state index contributed by atoms with van der Waals surface area (Å²) in [6, 6.07) is 0. The summed E-state index contributed by atoms with van der Waals surface area (Å²) in [7, 11) is 1.54. The van der Waals surface area contributed by atoms with Gasteiger partial charge in [-0.05, 0) is 6.92 Å². The van der Waals surface area contributed by atoms with Gasteiger partial charge in [-0.15, -0.1) is 0 Å². The lowest BCUT2D eigenvalue weighted by atomic mass is 10.2. The highest BCUT2D eigenvalue weighted by Gasteiger charge is 2.11. The number of ether oxygens (including phenoxy) is 2. The van der Waals surface area contributed by atoms with Crippen molar-refractivity contribution < 1.29 is 14.6 Å². The Balaban J connectivity index is 3.03. The highest BCUT2D eigenvalue weighted by Crippen LogP contribution is 2.12. The molecule has 7 nitrogen and oxygen atoms in total. The van der Waals surface area contributed by atoms with Crippen molar-refractivity contribution in [3.63, 3.8) is 0 Å². The van der Waals surface area contributed by atoms with Gasteiger partial charge in [-0.2, -0.15) is 4.98 Å². The lowest BCUT2D eigenvalue weighted by molar-refractivity contribution is 0.0443. The van der Waals surface area contributed by atoms with Crippen LogP contribution in [0.15, 0.2) is 4.79 Å². The average Bonchev–Trinajstić information content (AvgIpc) is 2.29. The molecule has 0 amide bonds. The Bertz CT molecular complexity index is 430. The number of anilines is 1. The second-order valence-electron chi connectivity index (χ2n) is 3.47. The largest absolute Gasteiger partial charge is 0.394 e. The fourth-order valence-electron chi connectivity index (χ4n) is 1.42. The number of aliphatic hydroxyl groups is 1. The van der Waals surface area contributed by atoms with Crippen LogP contribution in [-0.4, -0.2) is 35.0 Å². The van der Waals surface area contributed by atoms with Crippen LogP contribution in [0, 0.1) is 6.92 Å². The monoisotopic (exact) mass is 243 g/mol. The highest BCUT2D eigenvalue weighted by atomic mass is 16.5. The molecule has 1 heterocycles. The number of nitrogen functional groups attached to an aromatic ring is 1. The number of hydrogen-bond acceptors (Lipinski definition) is 6. The van der Waals surface area contributed by atoms with Crippen LogP contribution in [-0.2, 0) is 22.8 Å². The van der Waals surface area contributed by atoms with Crippen molar-refractivity contribution in [1.82, 2.24) is 9.55 Å². The first kappa shape index (κ1) is 13.6. The Morgan fingerprint density at radius 2 is 2.24 bits per heavy atom. The van der Waals surface area contributed by atoms with E-state index < -0.39 is 5.69 Å². The summed E-state index contributed by atoms with van der Waals surface area (Å²) in [5.41, 5.74) is 6.49. The molecule has 3 N–H and O–H groups in total. The van der Waals surface area contributed by atoms with Crippen LogP contribution in [0.25, 0.3) is 0 Å². The van der Waals surface area contributed by atoms with Gasteiger partial charge >= 0.3 is 5.69 Å². The quantitative estimate of drug-likeness (QED) is 0.637. The molecular weight excluding hydrogens is 226 g/mol. The molecule has 0 aliphatic heterocycles. The summed E-state index contributed by atoms with van der Waals surface area (Å²) in [6.07, 6.45) is 0. The van der Waals surface area contributed by atoms with Gasteiger partial charge in [0.15, 0.2) is 0 Å². The predicted molar refractivity (Wildman–Crippen MR) is 61.4 cm³/mol. The molecule has 1 aromatic heterocycles. The summed E-state index contributed by atoms with van der Waals surface area (Å²) in [5.74, 6) is 0.174. The molecule has 0 aliphatic rings. The number of hydrogen-bond donors (Lipinski definition) is 2. The molecule has 0 spiro atoms. The van der Waals surface area contributed by atoms with Gasteiger partial charge in [0, 0.05) is 18.4 Å². The molecule has 1 rings (SSSR count). The van der Waals surface area contributed by atoms with Gasteiger partial charge < -0.3 is 20.3 Å². The Labute approximate surface area is 98.8 Å². The zero-order chi connectivity index (χ0) is 12.8. The van der Waals surface area contributed by atoms with Crippen molar-refractivity contribution in [2.45, 2.75) is 20.3 Å². The van der Waals surface area contributed by atoms with Gasteiger partial charge in [-0.25, -0.2) is 4.79 Å². The van der Waals surface area contributed by atoms with E-state index in [4.69, 9.17) is 20.3 Å². The predicted octanol–water partition coefficient (Wildman–Crippen LogP) is -0.753. The minimum Gasteiger partial charge on any atom is -0.394 e. The van der Waals surface area contributed by atoms with Crippen LogP contribution in [0.1, 0.15) is 11.3 Å². The summed E-state index contributed by atoms with van der Waals surface area (Å²) >= 11 is 0. The van der Waals surface area contributed by atoms with Gasteiger partial charge in [-0.1, -0.05) is 0 Å². The maximum atomic E-state index is 11.6. The van der Waals surface area contributed by atoms with E-state index >= 15 is 0 Å². The van der Waals surface area contributed by atoms with Crippen molar-refractivity contribution in [2.75, 3.05) is 26.1 Å². The number of aromatic nitrogens is 2. The third-order valence-corrected chi connectivity index (χ3v) is 2.34. The van der Waals surface area contributed by atoms with Gasteiger partial charge in [0.1, 0.15) is 12.5 Å². The first-order valence-corrected chi connectivity index (χ1v) is 5.15.